The average Bonchev–Trinajstić information content (AvgIpc) is 2.29. The molecule has 3 nitrogen and oxygen atoms in total. The van der Waals surface area contributed by atoms with E-state index in [1.54, 1.807) is 12.4 Å². The van der Waals surface area contributed by atoms with Crippen molar-refractivity contribution in [2.45, 2.75) is 45.6 Å². The third-order valence-corrected chi connectivity index (χ3v) is 3.49. The third kappa shape index (κ3) is 2.59. The first-order valence-corrected chi connectivity index (χ1v) is 6.13. The molecule has 0 aromatic carbocycles. The fraction of sp³-hybridized carbons (Fsp3) is 0.692. The minimum Gasteiger partial charge on any atom is -0.385 e. The van der Waals surface area contributed by atoms with Crippen molar-refractivity contribution in [2.24, 2.45) is 11.8 Å². The molecule has 0 aliphatic heterocycles. The highest BCUT2D eigenvalue weighted by molar-refractivity contribution is 5.04. The zero-order valence-corrected chi connectivity index (χ0v) is 10.1. The number of hydrogen-bond donors (Lipinski definition) is 1. The lowest BCUT2D eigenvalue weighted by Crippen LogP contribution is -2.21. The molecule has 1 aliphatic carbocycles. The van der Waals surface area contributed by atoms with Crippen molar-refractivity contribution in [1.29, 1.82) is 0 Å². The van der Waals surface area contributed by atoms with Crippen LogP contribution < -0.4 is 0 Å². The third-order valence-electron chi connectivity index (χ3n) is 3.49. The normalized spacial score (nSPS) is 27.7. The van der Waals surface area contributed by atoms with Gasteiger partial charge in [-0.05, 0) is 37.2 Å². The summed E-state index contributed by atoms with van der Waals surface area (Å²) >= 11 is 0. The maximum Gasteiger partial charge on any atom is 0.157 e. The van der Waals surface area contributed by atoms with Gasteiger partial charge in [-0.2, -0.15) is 0 Å². The standard InChI is InChI=1S/C13H20N2O/c1-9-4-3-5-11(6-9)12(16)13-14-7-10(2)8-15-13/h7-9,11-12,16H,3-6H2,1-2H3. The Morgan fingerprint density at radius 3 is 2.62 bits per heavy atom. The number of aromatic nitrogens is 2. The summed E-state index contributed by atoms with van der Waals surface area (Å²) in [5.74, 6) is 1.65. The Bertz CT molecular complexity index is 336. The first kappa shape index (κ1) is 11.5. The molecule has 0 saturated heterocycles. The molecule has 16 heavy (non-hydrogen) atoms. The van der Waals surface area contributed by atoms with Crippen LogP contribution in [0.2, 0.25) is 0 Å². The Morgan fingerprint density at radius 2 is 2.00 bits per heavy atom. The maximum atomic E-state index is 10.2. The lowest BCUT2D eigenvalue weighted by molar-refractivity contribution is 0.0643. The Balaban J connectivity index is 2.06. The fourth-order valence-corrected chi connectivity index (χ4v) is 2.53. The molecule has 1 aromatic heterocycles. The van der Waals surface area contributed by atoms with Gasteiger partial charge in [0, 0.05) is 12.4 Å². The number of aryl methyl sites for hydroxylation is 1. The van der Waals surface area contributed by atoms with Crippen LogP contribution in [0.5, 0.6) is 0 Å². The van der Waals surface area contributed by atoms with E-state index in [-0.39, 0.29) is 0 Å². The number of rotatable bonds is 2. The van der Waals surface area contributed by atoms with E-state index in [9.17, 15) is 5.11 Å². The van der Waals surface area contributed by atoms with Gasteiger partial charge in [0.25, 0.3) is 0 Å². The van der Waals surface area contributed by atoms with Gasteiger partial charge in [-0.15, -0.1) is 0 Å². The molecule has 3 heteroatoms. The molecule has 0 bridgehead atoms. The zero-order chi connectivity index (χ0) is 11.5. The smallest absolute Gasteiger partial charge is 0.157 e. The van der Waals surface area contributed by atoms with Crippen molar-refractivity contribution < 1.29 is 5.11 Å². The van der Waals surface area contributed by atoms with Gasteiger partial charge in [0.2, 0.25) is 0 Å². The molecule has 3 atom stereocenters. The quantitative estimate of drug-likeness (QED) is 0.833. The minimum atomic E-state index is -0.483. The molecule has 1 aromatic rings. The number of aliphatic hydroxyl groups is 1. The highest BCUT2D eigenvalue weighted by Gasteiger charge is 2.27. The molecule has 1 N–H and O–H groups in total. The number of hydrogen-bond acceptors (Lipinski definition) is 3. The van der Waals surface area contributed by atoms with E-state index in [0.717, 1.165) is 24.3 Å². The van der Waals surface area contributed by atoms with E-state index in [1.165, 1.54) is 12.8 Å². The molecule has 0 radical (unpaired) electrons. The Kier molecular flexibility index (Phi) is 3.54. The van der Waals surface area contributed by atoms with Gasteiger partial charge in [0.1, 0.15) is 6.10 Å². The van der Waals surface area contributed by atoms with E-state index >= 15 is 0 Å². The first-order chi connectivity index (χ1) is 7.66. The van der Waals surface area contributed by atoms with Crippen LogP contribution in [0.4, 0.5) is 0 Å². The number of nitrogens with zero attached hydrogens (tertiary/aromatic N) is 2. The van der Waals surface area contributed by atoms with Gasteiger partial charge in [0.15, 0.2) is 5.82 Å². The Labute approximate surface area is 96.9 Å². The van der Waals surface area contributed by atoms with Crippen LogP contribution in [0.1, 0.15) is 50.1 Å². The van der Waals surface area contributed by atoms with E-state index in [4.69, 9.17) is 0 Å². The molecule has 1 saturated carbocycles. The molecule has 1 heterocycles. The summed E-state index contributed by atoms with van der Waals surface area (Å²) < 4.78 is 0. The van der Waals surface area contributed by atoms with Crippen molar-refractivity contribution >= 4 is 0 Å². The molecular weight excluding hydrogens is 200 g/mol. The number of aliphatic hydroxyl groups excluding tert-OH is 1. The van der Waals surface area contributed by atoms with Crippen LogP contribution in [0.3, 0.4) is 0 Å². The molecule has 1 fully saturated rings. The van der Waals surface area contributed by atoms with Crippen molar-refractivity contribution in [1.82, 2.24) is 9.97 Å². The van der Waals surface area contributed by atoms with Crippen LogP contribution in [0.25, 0.3) is 0 Å². The lowest BCUT2D eigenvalue weighted by Gasteiger charge is -2.29. The molecular formula is C13H20N2O. The molecule has 2 rings (SSSR count). The lowest BCUT2D eigenvalue weighted by atomic mass is 9.79. The fourth-order valence-electron chi connectivity index (χ4n) is 2.53. The van der Waals surface area contributed by atoms with Gasteiger partial charge < -0.3 is 5.11 Å². The second-order valence-corrected chi connectivity index (χ2v) is 5.10. The maximum absolute atomic E-state index is 10.2. The molecule has 0 spiro atoms. The van der Waals surface area contributed by atoms with Gasteiger partial charge in [0.05, 0.1) is 0 Å². The largest absolute Gasteiger partial charge is 0.385 e. The SMILES string of the molecule is Cc1cnc(C(O)C2CCCC(C)C2)nc1. The molecule has 1 aliphatic rings. The first-order valence-electron chi connectivity index (χ1n) is 6.13. The van der Waals surface area contributed by atoms with Crippen molar-refractivity contribution in [3.05, 3.63) is 23.8 Å². The summed E-state index contributed by atoms with van der Waals surface area (Å²) in [7, 11) is 0. The van der Waals surface area contributed by atoms with E-state index < -0.39 is 6.10 Å². The second kappa shape index (κ2) is 4.91. The monoisotopic (exact) mass is 220 g/mol. The summed E-state index contributed by atoms with van der Waals surface area (Å²) in [5, 5.41) is 10.2. The van der Waals surface area contributed by atoms with Crippen LogP contribution in [-0.4, -0.2) is 15.1 Å². The summed E-state index contributed by atoms with van der Waals surface area (Å²) in [6.07, 6.45) is 7.77. The Hall–Kier alpha value is -0.960. The van der Waals surface area contributed by atoms with Gasteiger partial charge in [-0.1, -0.05) is 19.8 Å². The molecule has 88 valence electrons. The molecule has 3 unspecified atom stereocenters. The predicted octanol–water partition coefficient (Wildman–Crippen LogP) is 2.64. The summed E-state index contributed by atoms with van der Waals surface area (Å²) in [6, 6.07) is 0. The van der Waals surface area contributed by atoms with Crippen molar-refractivity contribution in [2.75, 3.05) is 0 Å². The topological polar surface area (TPSA) is 46.0 Å². The predicted molar refractivity (Wildman–Crippen MR) is 62.9 cm³/mol. The van der Waals surface area contributed by atoms with Crippen LogP contribution >= 0.6 is 0 Å². The van der Waals surface area contributed by atoms with Gasteiger partial charge >= 0.3 is 0 Å². The average molecular weight is 220 g/mol. The van der Waals surface area contributed by atoms with Gasteiger partial charge in [-0.3, -0.25) is 0 Å². The highest BCUT2D eigenvalue weighted by Crippen LogP contribution is 2.35. The summed E-state index contributed by atoms with van der Waals surface area (Å²) in [6.45, 7) is 4.22. The van der Waals surface area contributed by atoms with E-state index in [2.05, 4.69) is 16.9 Å². The minimum absolute atomic E-state index is 0.339. The Morgan fingerprint density at radius 1 is 1.31 bits per heavy atom. The van der Waals surface area contributed by atoms with E-state index in [0.29, 0.717) is 11.7 Å². The molecule has 0 amide bonds. The van der Waals surface area contributed by atoms with Gasteiger partial charge in [-0.25, -0.2) is 9.97 Å². The van der Waals surface area contributed by atoms with Crippen molar-refractivity contribution in [3.8, 4) is 0 Å². The summed E-state index contributed by atoms with van der Waals surface area (Å²) in [4.78, 5) is 8.43. The summed E-state index contributed by atoms with van der Waals surface area (Å²) in [5.41, 5.74) is 1.04. The zero-order valence-electron chi connectivity index (χ0n) is 10.1. The van der Waals surface area contributed by atoms with Crippen molar-refractivity contribution in [3.63, 3.8) is 0 Å². The second-order valence-electron chi connectivity index (χ2n) is 5.10. The van der Waals surface area contributed by atoms with Crippen LogP contribution in [0, 0.1) is 18.8 Å². The van der Waals surface area contributed by atoms with E-state index in [1.807, 2.05) is 6.92 Å². The van der Waals surface area contributed by atoms with Crippen LogP contribution in [0.15, 0.2) is 12.4 Å². The van der Waals surface area contributed by atoms with Crippen LogP contribution in [-0.2, 0) is 0 Å². The highest BCUT2D eigenvalue weighted by atomic mass is 16.3.